The van der Waals surface area contributed by atoms with E-state index in [1.54, 1.807) is 0 Å². The number of nitrogen functional groups attached to an aromatic ring is 1. The summed E-state index contributed by atoms with van der Waals surface area (Å²) in [7, 11) is 0. The molecule has 0 saturated heterocycles. The number of nitrogens with one attached hydrogen (secondary N) is 1. The van der Waals surface area contributed by atoms with Crippen LogP contribution in [-0.4, -0.2) is 23.0 Å². The highest BCUT2D eigenvalue weighted by atomic mass is 16.2. The summed E-state index contributed by atoms with van der Waals surface area (Å²) in [5, 5.41) is 2.96. The molecule has 98 valence electrons. The number of urea groups is 1. The van der Waals surface area contributed by atoms with Crippen LogP contribution in [0, 0.1) is 0 Å². The molecule has 0 aliphatic heterocycles. The Hall–Kier alpha value is -1.71. The van der Waals surface area contributed by atoms with Crippen LogP contribution in [0.15, 0.2) is 24.3 Å². The van der Waals surface area contributed by atoms with Gasteiger partial charge in [-0.2, -0.15) is 0 Å². The quantitative estimate of drug-likeness (QED) is 0.802. The molecule has 0 spiro atoms. The molecule has 2 rings (SSSR count). The monoisotopic (exact) mass is 247 g/mol. The van der Waals surface area contributed by atoms with Gasteiger partial charge in [0, 0.05) is 24.3 Å². The van der Waals surface area contributed by atoms with Crippen molar-refractivity contribution in [2.45, 2.75) is 45.3 Å². The van der Waals surface area contributed by atoms with E-state index >= 15 is 0 Å². The molecule has 0 aromatic heterocycles. The van der Waals surface area contributed by atoms with Crippen LogP contribution >= 0.6 is 0 Å². The van der Waals surface area contributed by atoms with Crippen LogP contribution in [0.3, 0.4) is 0 Å². The Morgan fingerprint density at radius 2 is 2.00 bits per heavy atom. The zero-order valence-electron chi connectivity index (χ0n) is 11.0. The molecule has 4 nitrogen and oxygen atoms in total. The minimum Gasteiger partial charge on any atom is -0.399 e. The molecule has 0 unspecified atom stereocenters. The summed E-state index contributed by atoms with van der Waals surface area (Å²) in [5.74, 6) is 0. The first-order chi connectivity index (χ1) is 8.56. The highest BCUT2D eigenvalue weighted by Gasteiger charge is 2.32. The van der Waals surface area contributed by atoms with Gasteiger partial charge in [0.2, 0.25) is 0 Å². The summed E-state index contributed by atoms with van der Waals surface area (Å²) in [6.07, 6.45) is 2.22. The normalized spacial score (nSPS) is 14.6. The van der Waals surface area contributed by atoms with Crippen LogP contribution in [0.2, 0.25) is 0 Å². The van der Waals surface area contributed by atoms with Crippen LogP contribution in [0.25, 0.3) is 0 Å². The number of anilines is 1. The summed E-state index contributed by atoms with van der Waals surface area (Å²) >= 11 is 0. The number of hydrogen-bond donors (Lipinski definition) is 2. The molecule has 3 N–H and O–H groups in total. The average molecular weight is 247 g/mol. The van der Waals surface area contributed by atoms with E-state index in [0.717, 1.165) is 24.1 Å². The molecular weight excluding hydrogens is 226 g/mol. The number of carbonyl (C=O) groups is 1. The molecule has 0 bridgehead atoms. The lowest BCUT2D eigenvalue weighted by molar-refractivity contribution is 0.189. The molecule has 1 aromatic carbocycles. The lowest BCUT2D eigenvalue weighted by Crippen LogP contribution is -2.43. The second-order valence-electron chi connectivity index (χ2n) is 5.20. The molecular formula is C14H21N3O. The lowest BCUT2D eigenvalue weighted by Gasteiger charge is -2.24. The Bertz CT molecular complexity index is 410. The van der Waals surface area contributed by atoms with E-state index in [9.17, 15) is 4.79 Å². The molecule has 1 saturated carbocycles. The lowest BCUT2D eigenvalue weighted by atomic mass is 10.2. The van der Waals surface area contributed by atoms with E-state index in [-0.39, 0.29) is 12.1 Å². The van der Waals surface area contributed by atoms with Crippen molar-refractivity contribution >= 4 is 11.7 Å². The Morgan fingerprint density at radius 3 is 2.50 bits per heavy atom. The number of nitrogens with two attached hydrogens (primary N) is 1. The van der Waals surface area contributed by atoms with E-state index in [2.05, 4.69) is 5.32 Å². The van der Waals surface area contributed by atoms with Gasteiger partial charge in [0.1, 0.15) is 0 Å². The fourth-order valence-corrected chi connectivity index (χ4v) is 1.90. The second kappa shape index (κ2) is 5.29. The van der Waals surface area contributed by atoms with E-state index < -0.39 is 0 Å². The Morgan fingerprint density at radius 1 is 1.39 bits per heavy atom. The molecule has 1 aliphatic rings. The molecule has 1 fully saturated rings. The van der Waals surface area contributed by atoms with Crippen molar-refractivity contribution < 1.29 is 4.79 Å². The zero-order valence-corrected chi connectivity index (χ0v) is 11.0. The zero-order chi connectivity index (χ0) is 13.1. The van der Waals surface area contributed by atoms with Gasteiger partial charge in [0.05, 0.1) is 0 Å². The fourth-order valence-electron chi connectivity index (χ4n) is 1.90. The molecule has 1 aromatic rings. The number of nitrogens with zero attached hydrogens (tertiary/aromatic N) is 1. The Balaban J connectivity index is 2.02. The number of carbonyl (C=O) groups excluding carboxylic acids is 1. The third-order valence-electron chi connectivity index (χ3n) is 2.99. The fraction of sp³-hybridized carbons (Fsp3) is 0.500. The van der Waals surface area contributed by atoms with Crippen molar-refractivity contribution in [1.82, 2.24) is 10.2 Å². The van der Waals surface area contributed by atoms with Crippen molar-refractivity contribution in [2.24, 2.45) is 0 Å². The van der Waals surface area contributed by atoms with Crippen molar-refractivity contribution in [3.8, 4) is 0 Å². The van der Waals surface area contributed by atoms with E-state index in [1.165, 1.54) is 0 Å². The minimum atomic E-state index is 0.0318. The number of hydrogen-bond acceptors (Lipinski definition) is 2. The highest BCUT2D eigenvalue weighted by molar-refractivity contribution is 5.75. The topological polar surface area (TPSA) is 58.4 Å². The van der Waals surface area contributed by atoms with Gasteiger partial charge < -0.3 is 16.0 Å². The maximum atomic E-state index is 12.1. The molecule has 4 heteroatoms. The van der Waals surface area contributed by atoms with Crippen molar-refractivity contribution in [1.29, 1.82) is 0 Å². The molecule has 0 heterocycles. The third-order valence-corrected chi connectivity index (χ3v) is 2.99. The predicted octanol–water partition coefficient (Wildman–Crippen LogP) is 2.35. The van der Waals surface area contributed by atoms with Gasteiger partial charge >= 0.3 is 6.03 Å². The van der Waals surface area contributed by atoms with Gasteiger partial charge in [-0.1, -0.05) is 12.1 Å². The van der Waals surface area contributed by atoms with Crippen molar-refractivity contribution in [3.63, 3.8) is 0 Å². The van der Waals surface area contributed by atoms with Crippen LogP contribution in [0.4, 0.5) is 10.5 Å². The average Bonchev–Trinajstić information content (AvgIpc) is 3.11. The highest BCUT2D eigenvalue weighted by Crippen LogP contribution is 2.28. The Labute approximate surface area is 108 Å². The van der Waals surface area contributed by atoms with Crippen molar-refractivity contribution in [2.75, 3.05) is 5.73 Å². The summed E-state index contributed by atoms with van der Waals surface area (Å²) in [5.41, 5.74) is 7.54. The molecule has 0 radical (unpaired) electrons. The summed E-state index contributed by atoms with van der Waals surface area (Å²) in [4.78, 5) is 14.0. The van der Waals surface area contributed by atoms with Crippen LogP contribution < -0.4 is 11.1 Å². The van der Waals surface area contributed by atoms with Gasteiger partial charge in [-0.15, -0.1) is 0 Å². The summed E-state index contributed by atoms with van der Waals surface area (Å²) in [6.45, 7) is 4.61. The first-order valence-electron chi connectivity index (χ1n) is 6.48. The second-order valence-corrected chi connectivity index (χ2v) is 5.20. The first kappa shape index (κ1) is 12.7. The maximum Gasteiger partial charge on any atom is 0.318 e. The van der Waals surface area contributed by atoms with Gasteiger partial charge in [0.15, 0.2) is 0 Å². The molecule has 18 heavy (non-hydrogen) atoms. The van der Waals surface area contributed by atoms with Crippen molar-refractivity contribution in [3.05, 3.63) is 29.8 Å². The standard InChI is InChI=1S/C14H21N3O/c1-10(2)16-14(18)17(13-7-8-13)9-11-3-5-12(15)6-4-11/h3-6,10,13H,7-9,15H2,1-2H3,(H,16,18). The number of rotatable bonds is 4. The van der Waals surface area contributed by atoms with Gasteiger partial charge in [0.25, 0.3) is 0 Å². The number of amides is 2. The smallest absolute Gasteiger partial charge is 0.318 e. The van der Waals surface area contributed by atoms with E-state index in [1.807, 2.05) is 43.0 Å². The Kier molecular flexibility index (Phi) is 3.75. The van der Waals surface area contributed by atoms with Crippen LogP contribution in [0.5, 0.6) is 0 Å². The summed E-state index contributed by atoms with van der Waals surface area (Å²) < 4.78 is 0. The maximum absolute atomic E-state index is 12.1. The van der Waals surface area contributed by atoms with Gasteiger partial charge in [-0.3, -0.25) is 0 Å². The van der Waals surface area contributed by atoms with Gasteiger partial charge in [-0.05, 0) is 44.4 Å². The minimum absolute atomic E-state index is 0.0318. The van der Waals surface area contributed by atoms with E-state index in [0.29, 0.717) is 12.6 Å². The van der Waals surface area contributed by atoms with Crippen LogP contribution in [0.1, 0.15) is 32.3 Å². The summed E-state index contributed by atoms with van der Waals surface area (Å²) in [6, 6.07) is 8.32. The van der Waals surface area contributed by atoms with E-state index in [4.69, 9.17) is 5.73 Å². The van der Waals surface area contributed by atoms with Crippen LogP contribution in [-0.2, 0) is 6.54 Å². The first-order valence-corrected chi connectivity index (χ1v) is 6.48. The largest absolute Gasteiger partial charge is 0.399 e. The third kappa shape index (κ3) is 3.39. The molecule has 1 aliphatic carbocycles. The molecule has 0 atom stereocenters. The predicted molar refractivity (Wildman–Crippen MR) is 73.1 cm³/mol. The number of benzene rings is 1. The van der Waals surface area contributed by atoms with Gasteiger partial charge in [-0.25, -0.2) is 4.79 Å². The molecule has 2 amide bonds. The SMILES string of the molecule is CC(C)NC(=O)N(Cc1ccc(N)cc1)C1CC1.